The summed E-state index contributed by atoms with van der Waals surface area (Å²) in [5.41, 5.74) is 5.50. The zero-order valence-corrected chi connectivity index (χ0v) is 12.7. The summed E-state index contributed by atoms with van der Waals surface area (Å²) in [6, 6.07) is 3.41. The van der Waals surface area contributed by atoms with Crippen molar-refractivity contribution in [1.29, 1.82) is 0 Å². The number of thiophene rings is 1. The van der Waals surface area contributed by atoms with Crippen LogP contribution in [-0.4, -0.2) is 15.0 Å². The van der Waals surface area contributed by atoms with E-state index in [9.17, 15) is 8.42 Å². The van der Waals surface area contributed by atoms with E-state index in [1.54, 1.807) is 12.1 Å². The van der Waals surface area contributed by atoms with Crippen LogP contribution in [0.3, 0.4) is 0 Å². The van der Waals surface area contributed by atoms with Gasteiger partial charge in [0.1, 0.15) is 4.21 Å². The number of hydrogen-bond donors (Lipinski definition) is 2. The van der Waals surface area contributed by atoms with Gasteiger partial charge >= 0.3 is 0 Å². The van der Waals surface area contributed by atoms with Crippen LogP contribution < -0.4 is 10.5 Å². The molecule has 6 heteroatoms. The predicted molar refractivity (Wildman–Crippen MR) is 78.6 cm³/mol. The molecule has 1 saturated carbocycles. The molecule has 0 aliphatic heterocycles. The van der Waals surface area contributed by atoms with Gasteiger partial charge in [-0.25, -0.2) is 13.1 Å². The lowest BCUT2D eigenvalue weighted by molar-refractivity contribution is 0.340. The van der Waals surface area contributed by atoms with Gasteiger partial charge in [-0.15, -0.1) is 11.3 Å². The van der Waals surface area contributed by atoms with Crippen molar-refractivity contribution in [1.82, 2.24) is 4.72 Å². The number of nitrogens with two attached hydrogens (primary N) is 1. The van der Waals surface area contributed by atoms with Gasteiger partial charge in [0, 0.05) is 18.0 Å². The third-order valence-electron chi connectivity index (χ3n) is 3.67. The molecule has 3 N–H and O–H groups in total. The monoisotopic (exact) mass is 302 g/mol. The van der Waals surface area contributed by atoms with E-state index in [2.05, 4.69) is 4.72 Å². The van der Waals surface area contributed by atoms with E-state index in [1.165, 1.54) is 43.4 Å². The fraction of sp³-hybridized carbons (Fsp3) is 0.692. The number of rotatable bonds is 6. The Bertz CT molecular complexity index is 490. The van der Waals surface area contributed by atoms with Gasteiger partial charge in [-0.1, -0.05) is 32.1 Å². The van der Waals surface area contributed by atoms with E-state index in [0.29, 0.717) is 23.2 Å². The maximum atomic E-state index is 12.1. The van der Waals surface area contributed by atoms with Gasteiger partial charge in [0.25, 0.3) is 0 Å². The molecule has 108 valence electrons. The standard InChI is InChI=1S/C13H22N2O2S2/c14-10-12-6-7-13(18-12)19(16,17)15-9-8-11-4-2-1-3-5-11/h6-7,11,15H,1-5,8-10,14H2. The van der Waals surface area contributed by atoms with Crippen LogP contribution in [0.1, 0.15) is 43.4 Å². The van der Waals surface area contributed by atoms with Crippen LogP contribution in [0.4, 0.5) is 0 Å². The third kappa shape index (κ3) is 4.27. The molecule has 0 atom stereocenters. The second-order valence-electron chi connectivity index (χ2n) is 5.12. The van der Waals surface area contributed by atoms with Gasteiger partial charge in [0.05, 0.1) is 0 Å². The smallest absolute Gasteiger partial charge is 0.250 e. The molecule has 1 aliphatic carbocycles. The first-order valence-corrected chi connectivity index (χ1v) is 9.20. The minimum Gasteiger partial charge on any atom is -0.326 e. The number of nitrogens with one attached hydrogen (secondary N) is 1. The first kappa shape index (κ1) is 15.0. The van der Waals surface area contributed by atoms with Crippen molar-refractivity contribution >= 4 is 21.4 Å². The molecular weight excluding hydrogens is 280 g/mol. The van der Waals surface area contributed by atoms with Crippen LogP contribution in [0, 0.1) is 5.92 Å². The summed E-state index contributed by atoms with van der Waals surface area (Å²) in [6.07, 6.45) is 7.37. The second-order valence-corrected chi connectivity index (χ2v) is 8.28. The molecule has 0 unspecified atom stereocenters. The van der Waals surface area contributed by atoms with Crippen LogP contribution in [0.15, 0.2) is 16.3 Å². The minimum atomic E-state index is -3.34. The van der Waals surface area contributed by atoms with Crippen molar-refractivity contribution in [3.8, 4) is 0 Å². The van der Waals surface area contributed by atoms with Crippen LogP contribution in [0.25, 0.3) is 0 Å². The van der Waals surface area contributed by atoms with Crippen LogP contribution in [-0.2, 0) is 16.6 Å². The molecular formula is C13H22N2O2S2. The Morgan fingerprint density at radius 1 is 1.26 bits per heavy atom. The largest absolute Gasteiger partial charge is 0.326 e. The molecule has 1 aromatic rings. The maximum Gasteiger partial charge on any atom is 0.250 e. The van der Waals surface area contributed by atoms with Gasteiger partial charge in [-0.2, -0.15) is 0 Å². The lowest BCUT2D eigenvalue weighted by atomic mass is 9.87. The third-order valence-corrected chi connectivity index (χ3v) is 6.73. The summed E-state index contributed by atoms with van der Waals surface area (Å²) >= 11 is 1.25. The molecule has 0 radical (unpaired) electrons. The topological polar surface area (TPSA) is 72.2 Å². The van der Waals surface area contributed by atoms with Crippen LogP contribution >= 0.6 is 11.3 Å². The molecule has 1 aliphatic rings. The molecule has 0 amide bonds. The Morgan fingerprint density at radius 2 is 2.00 bits per heavy atom. The Balaban J connectivity index is 1.83. The van der Waals surface area contributed by atoms with Crippen molar-refractivity contribution in [2.75, 3.05) is 6.54 Å². The highest BCUT2D eigenvalue weighted by atomic mass is 32.2. The Kier molecular flexibility index (Phi) is 5.38. The molecule has 1 fully saturated rings. The Labute approximate surface area is 119 Å². The summed E-state index contributed by atoms with van der Waals surface area (Å²) in [5.74, 6) is 0.694. The van der Waals surface area contributed by atoms with Gasteiger partial charge in [-0.3, -0.25) is 0 Å². The van der Waals surface area contributed by atoms with Crippen LogP contribution in [0.5, 0.6) is 0 Å². The molecule has 0 aromatic carbocycles. The molecule has 0 bridgehead atoms. The second kappa shape index (κ2) is 6.83. The van der Waals surface area contributed by atoms with Crippen LogP contribution in [0.2, 0.25) is 0 Å². The lowest BCUT2D eigenvalue weighted by Gasteiger charge is -2.21. The average Bonchev–Trinajstić information content (AvgIpc) is 2.89. The zero-order chi connectivity index (χ0) is 13.7. The van der Waals surface area contributed by atoms with Crippen molar-refractivity contribution in [2.24, 2.45) is 11.7 Å². The quantitative estimate of drug-likeness (QED) is 0.848. The fourth-order valence-electron chi connectivity index (χ4n) is 2.56. The fourth-order valence-corrected chi connectivity index (χ4v) is 4.88. The molecule has 4 nitrogen and oxygen atoms in total. The van der Waals surface area contributed by atoms with E-state index in [4.69, 9.17) is 5.73 Å². The van der Waals surface area contributed by atoms with E-state index >= 15 is 0 Å². The SMILES string of the molecule is NCc1ccc(S(=O)(=O)NCCC2CCCCC2)s1. The normalized spacial score (nSPS) is 17.7. The molecule has 2 rings (SSSR count). The van der Waals surface area contributed by atoms with E-state index < -0.39 is 10.0 Å². The van der Waals surface area contributed by atoms with Crippen molar-refractivity contribution in [2.45, 2.75) is 49.3 Å². The summed E-state index contributed by atoms with van der Waals surface area (Å²) in [5, 5.41) is 0. The Hall–Kier alpha value is -0.430. The van der Waals surface area contributed by atoms with Crippen molar-refractivity contribution in [3.05, 3.63) is 17.0 Å². The highest BCUT2D eigenvalue weighted by molar-refractivity contribution is 7.91. The zero-order valence-electron chi connectivity index (χ0n) is 11.1. The first-order valence-electron chi connectivity index (χ1n) is 6.90. The molecule has 0 spiro atoms. The average molecular weight is 302 g/mol. The highest BCUT2D eigenvalue weighted by Gasteiger charge is 2.18. The lowest BCUT2D eigenvalue weighted by Crippen LogP contribution is -2.26. The molecule has 19 heavy (non-hydrogen) atoms. The van der Waals surface area contributed by atoms with Crippen molar-refractivity contribution in [3.63, 3.8) is 0 Å². The van der Waals surface area contributed by atoms with Gasteiger partial charge < -0.3 is 5.73 Å². The van der Waals surface area contributed by atoms with E-state index in [-0.39, 0.29) is 0 Å². The molecule has 0 saturated heterocycles. The highest BCUT2D eigenvalue weighted by Crippen LogP contribution is 2.26. The van der Waals surface area contributed by atoms with E-state index in [1.807, 2.05) is 0 Å². The minimum absolute atomic E-state index is 0.372. The predicted octanol–water partition coefficient (Wildman–Crippen LogP) is 2.46. The maximum absolute atomic E-state index is 12.1. The molecule has 1 aromatic heterocycles. The summed E-state index contributed by atoms with van der Waals surface area (Å²) in [6.45, 7) is 0.936. The van der Waals surface area contributed by atoms with E-state index in [0.717, 1.165) is 11.3 Å². The first-order chi connectivity index (χ1) is 9.12. The van der Waals surface area contributed by atoms with Gasteiger partial charge in [0.15, 0.2) is 0 Å². The summed E-state index contributed by atoms with van der Waals surface area (Å²) < 4.78 is 27.2. The number of sulfonamides is 1. The summed E-state index contributed by atoms with van der Waals surface area (Å²) in [4.78, 5) is 0.896. The van der Waals surface area contributed by atoms with Crippen molar-refractivity contribution < 1.29 is 8.42 Å². The Morgan fingerprint density at radius 3 is 2.63 bits per heavy atom. The molecule has 1 heterocycles. The summed E-state index contributed by atoms with van der Waals surface area (Å²) in [7, 11) is -3.34. The van der Waals surface area contributed by atoms with Gasteiger partial charge in [-0.05, 0) is 24.5 Å². The van der Waals surface area contributed by atoms with Gasteiger partial charge in [0.2, 0.25) is 10.0 Å². The number of hydrogen-bond acceptors (Lipinski definition) is 4.